The minimum atomic E-state index is -0.586. The standard InChI is InChI=1S/C23H17BrClN3O5/c1-33-21-11-4-15(13-19(21)24)22(29)27-20(12-14-2-9-18(10-3-14)28(31)32)23(30)26-17-7-5-16(25)6-8-17/h2-13H,1H3,(H,26,30)(H,27,29)/b20-12-. The first kappa shape index (κ1) is 24.0. The number of amides is 2. The van der Waals surface area contributed by atoms with Crippen molar-refractivity contribution in [2.24, 2.45) is 0 Å². The number of halogens is 2. The molecule has 0 fully saturated rings. The molecule has 2 amide bonds. The number of anilines is 1. The maximum Gasteiger partial charge on any atom is 0.272 e. The highest BCUT2D eigenvalue weighted by Gasteiger charge is 2.16. The van der Waals surface area contributed by atoms with Gasteiger partial charge in [0.05, 0.1) is 16.5 Å². The van der Waals surface area contributed by atoms with Crippen LogP contribution in [0.25, 0.3) is 6.08 Å². The van der Waals surface area contributed by atoms with Crippen LogP contribution in [0, 0.1) is 10.1 Å². The van der Waals surface area contributed by atoms with E-state index < -0.39 is 16.7 Å². The first-order chi connectivity index (χ1) is 15.8. The van der Waals surface area contributed by atoms with Gasteiger partial charge in [0.1, 0.15) is 11.4 Å². The first-order valence-electron chi connectivity index (χ1n) is 9.45. The van der Waals surface area contributed by atoms with E-state index in [1.54, 1.807) is 42.5 Å². The Hall–Kier alpha value is -3.69. The largest absolute Gasteiger partial charge is 0.496 e. The van der Waals surface area contributed by atoms with Gasteiger partial charge in [-0.15, -0.1) is 0 Å². The summed E-state index contributed by atoms with van der Waals surface area (Å²) in [5.41, 5.74) is 1.09. The summed E-state index contributed by atoms with van der Waals surface area (Å²) in [6, 6.07) is 16.8. The molecule has 0 spiro atoms. The van der Waals surface area contributed by atoms with E-state index in [2.05, 4.69) is 26.6 Å². The van der Waals surface area contributed by atoms with Crippen molar-refractivity contribution < 1.29 is 19.2 Å². The molecule has 3 rings (SSSR count). The number of nitrogens with one attached hydrogen (secondary N) is 2. The van der Waals surface area contributed by atoms with E-state index in [0.717, 1.165) is 0 Å². The predicted octanol–water partition coefficient (Wildman–Crippen LogP) is 5.43. The van der Waals surface area contributed by atoms with Gasteiger partial charge < -0.3 is 15.4 Å². The van der Waals surface area contributed by atoms with Crippen molar-refractivity contribution >= 4 is 56.8 Å². The van der Waals surface area contributed by atoms with Crippen LogP contribution in [0.15, 0.2) is 76.9 Å². The van der Waals surface area contributed by atoms with E-state index in [1.165, 1.54) is 37.5 Å². The number of benzene rings is 3. The van der Waals surface area contributed by atoms with Gasteiger partial charge in [0.15, 0.2) is 0 Å². The highest BCUT2D eigenvalue weighted by atomic mass is 79.9. The molecule has 0 aromatic heterocycles. The molecular formula is C23H17BrClN3O5. The molecule has 0 radical (unpaired) electrons. The lowest BCUT2D eigenvalue weighted by atomic mass is 10.1. The second-order valence-electron chi connectivity index (χ2n) is 6.67. The smallest absolute Gasteiger partial charge is 0.272 e. The number of nitro groups is 1. The van der Waals surface area contributed by atoms with Crippen molar-refractivity contribution in [2.45, 2.75) is 0 Å². The Morgan fingerprint density at radius 1 is 1.06 bits per heavy atom. The van der Waals surface area contributed by atoms with Gasteiger partial charge in [-0.05, 0) is 82.2 Å². The second kappa shape index (κ2) is 10.8. The van der Waals surface area contributed by atoms with Gasteiger partial charge in [-0.3, -0.25) is 19.7 Å². The Bertz CT molecular complexity index is 1230. The molecule has 0 aliphatic rings. The van der Waals surface area contributed by atoms with Crippen LogP contribution >= 0.6 is 27.5 Å². The number of methoxy groups -OCH3 is 1. The molecule has 0 bridgehead atoms. The SMILES string of the molecule is COc1ccc(C(=O)N/C(=C\c2ccc([N+](=O)[O-])cc2)C(=O)Nc2ccc(Cl)cc2)cc1Br. The Balaban J connectivity index is 1.90. The molecule has 33 heavy (non-hydrogen) atoms. The van der Waals surface area contributed by atoms with E-state index in [0.29, 0.717) is 26.5 Å². The summed E-state index contributed by atoms with van der Waals surface area (Å²) in [6.45, 7) is 0. The third-order valence-corrected chi connectivity index (χ3v) is 5.30. The fraction of sp³-hybridized carbons (Fsp3) is 0.0435. The van der Waals surface area contributed by atoms with Gasteiger partial charge in [0.2, 0.25) is 0 Å². The zero-order valence-corrected chi connectivity index (χ0v) is 19.5. The lowest BCUT2D eigenvalue weighted by molar-refractivity contribution is -0.384. The van der Waals surface area contributed by atoms with Gasteiger partial charge in [0, 0.05) is 28.4 Å². The molecule has 3 aromatic carbocycles. The molecule has 2 N–H and O–H groups in total. The van der Waals surface area contributed by atoms with Crippen molar-refractivity contribution in [2.75, 3.05) is 12.4 Å². The highest BCUT2D eigenvalue weighted by molar-refractivity contribution is 9.10. The predicted molar refractivity (Wildman–Crippen MR) is 129 cm³/mol. The molecule has 0 aliphatic heterocycles. The van der Waals surface area contributed by atoms with E-state index in [1.807, 2.05) is 0 Å². The third-order valence-electron chi connectivity index (χ3n) is 4.42. The molecule has 0 saturated carbocycles. The Kier molecular flexibility index (Phi) is 7.81. The summed E-state index contributed by atoms with van der Waals surface area (Å²) >= 11 is 9.21. The average Bonchev–Trinajstić information content (AvgIpc) is 2.80. The molecule has 0 aliphatic carbocycles. The lowest BCUT2D eigenvalue weighted by Crippen LogP contribution is -2.30. The molecule has 0 heterocycles. The number of rotatable bonds is 7. The van der Waals surface area contributed by atoms with Crippen LogP contribution in [0.2, 0.25) is 5.02 Å². The minimum absolute atomic E-state index is 0.0595. The number of nitro benzene ring substituents is 1. The number of nitrogens with zero attached hydrogens (tertiary/aromatic N) is 1. The second-order valence-corrected chi connectivity index (χ2v) is 7.96. The normalized spacial score (nSPS) is 10.9. The van der Waals surface area contributed by atoms with E-state index in [4.69, 9.17) is 16.3 Å². The summed E-state index contributed by atoms with van der Waals surface area (Å²) in [7, 11) is 1.51. The Labute approximate surface area is 202 Å². The summed E-state index contributed by atoms with van der Waals surface area (Å²) in [4.78, 5) is 36.2. The topological polar surface area (TPSA) is 111 Å². The molecule has 3 aromatic rings. The van der Waals surface area contributed by atoms with Gasteiger partial charge in [-0.2, -0.15) is 0 Å². The molecule has 8 nitrogen and oxygen atoms in total. The van der Waals surface area contributed by atoms with Crippen LogP contribution < -0.4 is 15.4 Å². The average molecular weight is 531 g/mol. The molecular weight excluding hydrogens is 514 g/mol. The van der Waals surface area contributed by atoms with Crippen LogP contribution in [0.4, 0.5) is 11.4 Å². The summed E-state index contributed by atoms with van der Waals surface area (Å²) in [6.07, 6.45) is 1.42. The number of hydrogen-bond donors (Lipinski definition) is 2. The maximum absolute atomic E-state index is 12.9. The lowest BCUT2D eigenvalue weighted by Gasteiger charge is -2.12. The van der Waals surface area contributed by atoms with Crippen molar-refractivity contribution in [1.82, 2.24) is 5.32 Å². The summed E-state index contributed by atoms with van der Waals surface area (Å²) in [5.74, 6) is -0.567. The number of carbonyl (C=O) groups is 2. The van der Waals surface area contributed by atoms with Crippen molar-refractivity contribution in [3.63, 3.8) is 0 Å². The zero-order valence-electron chi connectivity index (χ0n) is 17.2. The number of hydrogen-bond acceptors (Lipinski definition) is 5. The fourth-order valence-electron chi connectivity index (χ4n) is 2.75. The van der Waals surface area contributed by atoms with Gasteiger partial charge in [-0.1, -0.05) is 11.6 Å². The van der Waals surface area contributed by atoms with Gasteiger partial charge in [0.25, 0.3) is 17.5 Å². The Morgan fingerprint density at radius 3 is 2.30 bits per heavy atom. The molecule has 0 saturated heterocycles. The van der Waals surface area contributed by atoms with E-state index >= 15 is 0 Å². The number of non-ortho nitro benzene ring substituents is 1. The van der Waals surface area contributed by atoms with Crippen LogP contribution in [0.1, 0.15) is 15.9 Å². The van der Waals surface area contributed by atoms with E-state index in [-0.39, 0.29) is 16.9 Å². The number of carbonyl (C=O) groups excluding carboxylic acids is 2. The molecule has 0 atom stereocenters. The van der Waals surface area contributed by atoms with Crippen molar-refractivity contribution in [3.8, 4) is 5.75 Å². The fourth-order valence-corrected chi connectivity index (χ4v) is 3.42. The summed E-state index contributed by atoms with van der Waals surface area (Å²) in [5, 5.41) is 16.7. The Morgan fingerprint density at radius 2 is 1.73 bits per heavy atom. The molecule has 10 heteroatoms. The minimum Gasteiger partial charge on any atom is -0.496 e. The maximum atomic E-state index is 12.9. The van der Waals surface area contributed by atoms with Crippen LogP contribution in [-0.2, 0) is 4.79 Å². The molecule has 0 unspecified atom stereocenters. The quantitative estimate of drug-likeness (QED) is 0.240. The van der Waals surface area contributed by atoms with Crippen LogP contribution in [0.5, 0.6) is 5.75 Å². The number of ether oxygens (including phenoxy) is 1. The third kappa shape index (κ3) is 6.41. The van der Waals surface area contributed by atoms with Crippen molar-refractivity contribution in [3.05, 3.63) is 103 Å². The van der Waals surface area contributed by atoms with Crippen molar-refractivity contribution in [1.29, 1.82) is 0 Å². The van der Waals surface area contributed by atoms with Gasteiger partial charge >= 0.3 is 0 Å². The van der Waals surface area contributed by atoms with Crippen LogP contribution in [0.3, 0.4) is 0 Å². The van der Waals surface area contributed by atoms with E-state index in [9.17, 15) is 19.7 Å². The first-order valence-corrected chi connectivity index (χ1v) is 10.6. The zero-order chi connectivity index (χ0) is 24.0. The summed E-state index contributed by atoms with van der Waals surface area (Å²) < 4.78 is 5.74. The molecule has 168 valence electrons. The monoisotopic (exact) mass is 529 g/mol. The van der Waals surface area contributed by atoms with Gasteiger partial charge in [-0.25, -0.2) is 0 Å². The van der Waals surface area contributed by atoms with Crippen LogP contribution in [-0.4, -0.2) is 23.8 Å². The highest BCUT2D eigenvalue weighted by Crippen LogP contribution is 2.25.